The summed E-state index contributed by atoms with van der Waals surface area (Å²) >= 11 is 0. The van der Waals surface area contributed by atoms with Gasteiger partial charge in [-0.05, 0) is 30.9 Å². The van der Waals surface area contributed by atoms with E-state index in [1.807, 2.05) is 39.0 Å². The summed E-state index contributed by atoms with van der Waals surface area (Å²) in [7, 11) is 0. The summed E-state index contributed by atoms with van der Waals surface area (Å²) < 4.78 is 0. The topological polar surface area (TPSA) is 58.2 Å². The number of hydrogen-bond donors (Lipinski definition) is 2. The third-order valence-electron chi connectivity index (χ3n) is 4.19. The average molecular weight is 304 g/mol. The monoisotopic (exact) mass is 304 g/mol. The first-order valence-electron chi connectivity index (χ1n) is 8.03. The lowest BCUT2D eigenvalue weighted by Crippen LogP contribution is -2.52. The van der Waals surface area contributed by atoms with Crippen LogP contribution in [0.5, 0.6) is 0 Å². The van der Waals surface area contributed by atoms with Crippen molar-refractivity contribution in [1.82, 2.24) is 10.6 Å². The molecule has 1 aromatic carbocycles. The molecule has 0 spiro atoms. The van der Waals surface area contributed by atoms with Crippen molar-refractivity contribution in [2.45, 2.75) is 53.1 Å². The highest BCUT2D eigenvalue weighted by molar-refractivity contribution is 5.97. The highest BCUT2D eigenvalue weighted by Crippen LogP contribution is 2.11. The van der Waals surface area contributed by atoms with Crippen molar-refractivity contribution >= 4 is 11.8 Å². The number of carbonyl (C=O) groups excluding carboxylic acids is 2. The first-order chi connectivity index (χ1) is 10.4. The molecule has 0 aliphatic heterocycles. The fourth-order valence-electron chi connectivity index (χ4n) is 2.00. The second kappa shape index (κ2) is 8.57. The molecule has 1 aromatic rings. The molecule has 3 unspecified atom stereocenters. The predicted molar refractivity (Wildman–Crippen MR) is 89.6 cm³/mol. The maximum absolute atomic E-state index is 12.5. The van der Waals surface area contributed by atoms with Gasteiger partial charge in [0.05, 0.1) is 0 Å². The summed E-state index contributed by atoms with van der Waals surface area (Å²) in [6.07, 6.45) is 0.823. The molecule has 4 nitrogen and oxygen atoms in total. The Hall–Kier alpha value is -1.84. The summed E-state index contributed by atoms with van der Waals surface area (Å²) in [5.41, 5.74) is 0.570. The Morgan fingerprint density at radius 1 is 1.00 bits per heavy atom. The van der Waals surface area contributed by atoms with Gasteiger partial charge in [0, 0.05) is 11.6 Å². The normalized spacial score (nSPS) is 15.0. The number of rotatable bonds is 7. The molecular weight excluding hydrogens is 276 g/mol. The summed E-state index contributed by atoms with van der Waals surface area (Å²) in [5.74, 6) is 0.108. The van der Waals surface area contributed by atoms with Crippen molar-refractivity contribution in [3.8, 4) is 0 Å². The average Bonchev–Trinajstić information content (AvgIpc) is 2.52. The molecule has 0 saturated carbocycles. The van der Waals surface area contributed by atoms with Gasteiger partial charge < -0.3 is 10.6 Å². The van der Waals surface area contributed by atoms with E-state index in [1.165, 1.54) is 0 Å². The van der Waals surface area contributed by atoms with Crippen molar-refractivity contribution in [3.05, 3.63) is 35.9 Å². The van der Waals surface area contributed by atoms with Crippen molar-refractivity contribution in [1.29, 1.82) is 0 Å². The fourth-order valence-corrected chi connectivity index (χ4v) is 2.00. The lowest BCUT2D eigenvalue weighted by atomic mass is 9.96. The lowest BCUT2D eigenvalue weighted by molar-refractivity contribution is -0.125. The van der Waals surface area contributed by atoms with Crippen molar-refractivity contribution in [2.75, 3.05) is 0 Å². The highest BCUT2D eigenvalue weighted by atomic mass is 16.2. The van der Waals surface area contributed by atoms with Crippen molar-refractivity contribution in [3.63, 3.8) is 0 Å². The minimum atomic E-state index is -0.515. The molecule has 0 aliphatic rings. The molecule has 4 heteroatoms. The van der Waals surface area contributed by atoms with Crippen LogP contribution in [0.1, 0.15) is 51.4 Å². The summed E-state index contributed by atoms with van der Waals surface area (Å²) in [4.78, 5) is 24.8. The van der Waals surface area contributed by atoms with Crippen LogP contribution in [-0.4, -0.2) is 23.9 Å². The molecule has 0 aliphatic carbocycles. The largest absolute Gasteiger partial charge is 0.352 e. The van der Waals surface area contributed by atoms with Crippen LogP contribution in [0, 0.1) is 11.8 Å². The smallest absolute Gasteiger partial charge is 0.251 e. The molecule has 0 saturated heterocycles. The quantitative estimate of drug-likeness (QED) is 0.813. The molecule has 2 N–H and O–H groups in total. The molecule has 3 atom stereocenters. The Kier molecular flexibility index (Phi) is 7.09. The van der Waals surface area contributed by atoms with E-state index in [1.54, 1.807) is 12.1 Å². The van der Waals surface area contributed by atoms with Gasteiger partial charge in [-0.3, -0.25) is 9.59 Å². The molecule has 0 radical (unpaired) electrons. The minimum absolute atomic E-state index is 0.0759. The standard InChI is InChI=1S/C18H28N2O2/c1-6-13(4)16(18(22)19-14(5)12(2)3)20-17(21)15-10-8-7-9-11-15/h7-14,16H,6H2,1-5H3,(H,19,22)(H,20,21). The first-order valence-corrected chi connectivity index (χ1v) is 8.03. The van der Waals surface area contributed by atoms with Gasteiger partial charge in [-0.1, -0.05) is 52.3 Å². The number of hydrogen-bond acceptors (Lipinski definition) is 2. The van der Waals surface area contributed by atoms with Crippen molar-refractivity contribution < 1.29 is 9.59 Å². The SMILES string of the molecule is CCC(C)C(NC(=O)c1ccccc1)C(=O)NC(C)C(C)C. The van der Waals surface area contributed by atoms with Gasteiger partial charge in [0.2, 0.25) is 5.91 Å². The van der Waals surface area contributed by atoms with Crippen LogP contribution < -0.4 is 10.6 Å². The molecule has 122 valence electrons. The maximum atomic E-state index is 12.5. The van der Waals surface area contributed by atoms with E-state index < -0.39 is 6.04 Å². The molecule has 1 rings (SSSR count). The Morgan fingerprint density at radius 3 is 2.09 bits per heavy atom. The summed E-state index contributed by atoms with van der Waals surface area (Å²) in [6.45, 7) is 10.1. The maximum Gasteiger partial charge on any atom is 0.251 e. The Balaban J connectivity index is 2.81. The van der Waals surface area contributed by atoms with Crippen LogP contribution in [0.25, 0.3) is 0 Å². The highest BCUT2D eigenvalue weighted by Gasteiger charge is 2.27. The van der Waals surface area contributed by atoms with Gasteiger partial charge in [0.15, 0.2) is 0 Å². The Labute approximate surface area is 133 Å². The van der Waals surface area contributed by atoms with E-state index >= 15 is 0 Å². The zero-order valence-electron chi connectivity index (χ0n) is 14.2. The van der Waals surface area contributed by atoms with Gasteiger partial charge in [0.1, 0.15) is 6.04 Å². The van der Waals surface area contributed by atoms with E-state index in [4.69, 9.17) is 0 Å². The van der Waals surface area contributed by atoms with E-state index in [2.05, 4.69) is 24.5 Å². The van der Waals surface area contributed by atoms with Crippen LogP contribution in [0.3, 0.4) is 0 Å². The van der Waals surface area contributed by atoms with Crippen LogP contribution in [0.4, 0.5) is 0 Å². The molecule has 2 amide bonds. The van der Waals surface area contributed by atoms with Gasteiger partial charge in [-0.15, -0.1) is 0 Å². The van der Waals surface area contributed by atoms with E-state index in [0.29, 0.717) is 11.5 Å². The number of carbonyl (C=O) groups is 2. The minimum Gasteiger partial charge on any atom is -0.352 e. The molecule has 0 fully saturated rings. The van der Waals surface area contributed by atoms with Gasteiger partial charge >= 0.3 is 0 Å². The van der Waals surface area contributed by atoms with E-state index in [9.17, 15) is 9.59 Å². The Morgan fingerprint density at radius 2 is 1.59 bits per heavy atom. The fraction of sp³-hybridized carbons (Fsp3) is 0.556. The van der Waals surface area contributed by atoms with Crippen LogP contribution >= 0.6 is 0 Å². The van der Waals surface area contributed by atoms with Gasteiger partial charge in [-0.2, -0.15) is 0 Å². The van der Waals surface area contributed by atoms with E-state index in [0.717, 1.165) is 6.42 Å². The molecular formula is C18H28N2O2. The van der Waals surface area contributed by atoms with Crippen LogP contribution in [-0.2, 0) is 4.79 Å². The third kappa shape index (κ3) is 5.17. The Bertz CT molecular complexity index is 485. The lowest BCUT2D eigenvalue weighted by Gasteiger charge is -2.26. The number of benzene rings is 1. The van der Waals surface area contributed by atoms with E-state index in [-0.39, 0.29) is 23.8 Å². The van der Waals surface area contributed by atoms with Crippen LogP contribution in [0.2, 0.25) is 0 Å². The summed E-state index contributed by atoms with van der Waals surface area (Å²) in [6, 6.07) is 8.55. The first kappa shape index (κ1) is 18.2. The zero-order valence-corrected chi connectivity index (χ0v) is 14.2. The third-order valence-corrected chi connectivity index (χ3v) is 4.19. The van der Waals surface area contributed by atoms with Crippen LogP contribution in [0.15, 0.2) is 30.3 Å². The van der Waals surface area contributed by atoms with Gasteiger partial charge in [-0.25, -0.2) is 0 Å². The molecule has 22 heavy (non-hydrogen) atoms. The zero-order chi connectivity index (χ0) is 16.7. The second-order valence-corrected chi connectivity index (χ2v) is 6.24. The molecule has 0 bridgehead atoms. The predicted octanol–water partition coefficient (Wildman–Crippen LogP) is 2.99. The van der Waals surface area contributed by atoms with Gasteiger partial charge in [0.25, 0.3) is 5.91 Å². The number of amides is 2. The second-order valence-electron chi connectivity index (χ2n) is 6.24. The molecule has 0 heterocycles. The molecule has 0 aromatic heterocycles. The van der Waals surface area contributed by atoms with Crippen molar-refractivity contribution in [2.24, 2.45) is 11.8 Å². The number of nitrogens with one attached hydrogen (secondary N) is 2. The summed E-state index contributed by atoms with van der Waals surface area (Å²) in [5, 5.41) is 5.87.